The first-order valence-corrected chi connectivity index (χ1v) is 7.63. The van der Waals surface area contributed by atoms with Gasteiger partial charge in [0.25, 0.3) is 5.91 Å². The normalized spacial score (nSPS) is 9.83. The molecule has 2 aromatic rings. The van der Waals surface area contributed by atoms with Gasteiger partial charge >= 0.3 is 0 Å². The molecule has 0 fully saturated rings. The number of thiocarbonyl (C=S) groups is 1. The lowest BCUT2D eigenvalue weighted by Gasteiger charge is -2.12. The van der Waals surface area contributed by atoms with Crippen molar-refractivity contribution >= 4 is 40.5 Å². The van der Waals surface area contributed by atoms with Crippen molar-refractivity contribution in [2.24, 2.45) is 0 Å². The highest BCUT2D eigenvalue weighted by molar-refractivity contribution is 7.80. The molecule has 0 aliphatic carbocycles. The Kier molecular flexibility index (Phi) is 6.19. The number of carbonyl (C=O) groups is 1. The average Bonchev–Trinajstić information content (AvgIpc) is 2.53. The first-order valence-electron chi connectivity index (χ1n) is 6.84. The summed E-state index contributed by atoms with van der Waals surface area (Å²) in [6.45, 7) is 1.72. The summed E-state index contributed by atoms with van der Waals surface area (Å²) < 4.78 is 5.43. The van der Waals surface area contributed by atoms with Crippen molar-refractivity contribution < 1.29 is 9.53 Å². The number of para-hydroxylation sites is 1. The molecule has 0 aromatic heterocycles. The first kappa shape index (κ1) is 17.1. The van der Waals surface area contributed by atoms with Gasteiger partial charge in [-0.2, -0.15) is 0 Å². The number of hydrogen-bond acceptors (Lipinski definition) is 3. The van der Waals surface area contributed by atoms with Gasteiger partial charge < -0.3 is 10.1 Å². The van der Waals surface area contributed by atoms with Gasteiger partial charge in [-0.1, -0.05) is 29.8 Å². The second-order valence-electron chi connectivity index (χ2n) is 4.69. The number of nitrogens with one attached hydrogen (secondary N) is 3. The van der Waals surface area contributed by atoms with Gasteiger partial charge in [-0.05, 0) is 55.0 Å². The standard InChI is InChI=1S/C16H16ClN3O2S/c1-11-9-12(17)7-8-14(11)22-10-15(21)19-20-16(23)18-13-5-3-2-4-6-13/h2-9H,10H2,1H3,(H,19,21)(H2,18,20,23). The molecule has 7 heteroatoms. The highest BCUT2D eigenvalue weighted by Crippen LogP contribution is 2.21. The summed E-state index contributed by atoms with van der Waals surface area (Å²) in [4.78, 5) is 11.7. The molecule has 0 bridgehead atoms. The van der Waals surface area contributed by atoms with Crippen molar-refractivity contribution in [2.45, 2.75) is 6.92 Å². The Morgan fingerprint density at radius 2 is 1.91 bits per heavy atom. The summed E-state index contributed by atoms with van der Waals surface area (Å²) in [5, 5.41) is 3.84. The summed E-state index contributed by atoms with van der Waals surface area (Å²) in [5.41, 5.74) is 6.76. The molecule has 1 amide bonds. The number of hydrazine groups is 1. The molecular weight excluding hydrogens is 334 g/mol. The van der Waals surface area contributed by atoms with Crippen molar-refractivity contribution in [3.05, 3.63) is 59.1 Å². The largest absolute Gasteiger partial charge is 0.483 e. The van der Waals surface area contributed by atoms with E-state index in [0.29, 0.717) is 10.8 Å². The van der Waals surface area contributed by atoms with E-state index in [4.69, 9.17) is 28.6 Å². The van der Waals surface area contributed by atoms with Gasteiger partial charge in [0.15, 0.2) is 11.7 Å². The van der Waals surface area contributed by atoms with Crippen molar-refractivity contribution in [2.75, 3.05) is 11.9 Å². The van der Waals surface area contributed by atoms with Gasteiger partial charge in [0.1, 0.15) is 5.75 Å². The number of rotatable bonds is 4. The van der Waals surface area contributed by atoms with Crippen LogP contribution in [0.15, 0.2) is 48.5 Å². The highest BCUT2D eigenvalue weighted by Gasteiger charge is 2.06. The Morgan fingerprint density at radius 1 is 1.17 bits per heavy atom. The zero-order valence-electron chi connectivity index (χ0n) is 12.4. The van der Waals surface area contributed by atoms with Gasteiger partial charge in [0, 0.05) is 10.7 Å². The molecule has 0 aliphatic rings. The molecular formula is C16H16ClN3O2S. The Hall–Kier alpha value is -2.31. The third-order valence-corrected chi connectivity index (χ3v) is 3.28. The van der Waals surface area contributed by atoms with Crippen LogP contribution in [0.1, 0.15) is 5.56 Å². The van der Waals surface area contributed by atoms with Crippen LogP contribution in [0.3, 0.4) is 0 Å². The quantitative estimate of drug-likeness (QED) is 0.585. The number of aryl methyl sites for hydroxylation is 1. The third kappa shape index (κ3) is 5.77. The van der Waals surface area contributed by atoms with Crippen LogP contribution >= 0.6 is 23.8 Å². The van der Waals surface area contributed by atoms with E-state index >= 15 is 0 Å². The van der Waals surface area contributed by atoms with Crippen LogP contribution in [0.4, 0.5) is 5.69 Å². The Labute approximate surface area is 145 Å². The number of benzene rings is 2. The molecule has 0 saturated heterocycles. The number of carbonyl (C=O) groups excluding carboxylic acids is 1. The summed E-state index contributed by atoms with van der Waals surface area (Å²) >= 11 is 10.9. The van der Waals surface area contributed by atoms with Crippen LogP contribution in [0.5, 0.6) is 5.75 Å². The van der Waals surface area contributed by atoms with Gasteiger partial charge in [-0.15, -0.1) is 0 Å². The monoisotopic (exact) mass is 349 g/mol. The van der Waals surface area contributed by atoms with Crippen molar-refractivity contribution in [3.8, 4) is 5.75 Å². The van der Waals surface area contributed by atoms with E-state index in [-0.39, 0.29) is 17.6 Å². The molecule has 5 nitrogen and oxygen atoms in total. The molecule has 0 unspecified atom stereocenters. The Morgan fingerprint density at radius 3 is 2.61 bits per heavy atom. The lowest BCUT2D eigenvalue weighted by atomic mass is 10.2. The molecule has 0 radical (unpaired) electrons. The average molecular weight is 350 g/mol. The summed E-state index contributed by atoms with van der Waals surface area (Å²) in [7, 11) is 0. The molecule has 23 heavy (non-hydrogen) atoms. The van der Waals surface area contributed by atoms with Crippen molar-refractivity contribution in [3.63, 3.8) is 0 Å². The second kappa shape index (κ2) is 8.36. The number of halogens is 1. The highest BCUT2D eigenvalue weighted by atomic mass is 35.5. The molecule has 2 aromatic carbocycles. The topological polar surface area (TPSA) is 62.4 Å². The fraction of sp³-hybridized carbons (Fsp3) is 0.125. The van der Waals surface area contributed by atoms with Gasteiger partial charge in [0.05, 0.1) is 0 Å². The van der Waals surface area contributed by atoms with Gasteiger partial charge in [0.2, 0.25) is 0 Å². The van der Waals surface area contributed by atoms with Crippen molar-refractivity contribution in [1.82, 2.24) is 10.9 Å². The zero-order valence-corrected chi connectivity index (χ0v) is 14.0. The van der Waals surface area contributed by atoms with E-state index < -0.39 is 0 Å². The minimum atomic E-state index is -0.350. The number of ether oxygens (including phenoxy) is 1. The third-order valence-electron chi connectivity index (χ3n) is 2.84. The first-order chi connectivity index (χ1) is 11.0. The molecule has 2 rings (SSSR count). The predicted octanol–water partition coefficient (Wildman–Crippen LogP) is 3.05. The van der Waals surface area contributed by atoms with Crippen molar-refractivity contribution in [1.29, 1.82) is 0 Å². The van der Waals surface area contributed by atoms with Crippen LogP contribution in [-0.4, -0.2) is 17.6 Å². The lowest BCUT2D eigenvalue weighted by molar-refractivity contribution is -0.123. The van der Waals surface area contributed by atoms with E-state index in [0.717, 1.165) is 11.3 Å². The molecule has 0 atom stereocenters. The van der Waals surface area contributed by atoms with E-state index in [1.165, 1.54) is 0 Å². The van der Waals surface area contributed by atoms with E-state index in [9.17, 15) is 4.79 Å². The van der Waals surface area contributed by atoms with Crippen LogP contribution in [-0.2, 0) is 4.79 Å². The Balaban J connectivity index is 1.73. The maximum Gasteiger partial charge on any atom is 0.276 e. The molecule has 0 saturated carbocycles. The molecule has 0 heterocycles. The maximum atomic E-state index is 11.7. The summed E-state index contributed by atoms with van der Waals surface area (Å²) in [5.74, 6) is 0.256. The number of hydrogen-bond donors (Lipinski definition) is 3. The second-order valence-corrected chi connectivity index (χ2v) is 5.54. The maximum absolute atomic E-state index is 11.7. The van der Waals surface area contributed by atoms with Gasteiger partial charge in [-0.25, -0.2) is 0 Å². The molecule has 0 aliphatic heterocycles. The molecule has 0 spiro atoms. The zero-order chi connectivity index (χ0) is 16.7. The fourth-order valence-electron chi connectivity index (χ4n) is 1.76. The van der Waals surface area contributed by atoms with Crippen LogP contribution < -0.4 is 20.9 Å². The number of anilines is 1. The number of amides is 1. The lowest BCUT2D eigenvalue weighted by Crippen LogP contribution is -2.45. The predicted molar refractivity (Wildman–Crippen MR) is 95.6 cm³/mol. The van der Waals surface area contributed by atoms with Crippen LogP contribution in [0.2, 0.25) is 5.02 Å². The molecule has 3 N–H and O–H groups in total. The van der Waals surface area contributed by atoms with Crippen LogP contribution in [0.25, 0.3) is 0 Å². The fourth-order valence-corrected chi connectivity index (χ4v) is 2.16. The van der Waals surface area contributed by atoms with Crippen LogP contribution in [0, 0.1) is 6.92 Å². The summed E-state index contributed by atoms with van der Waals surface area (Å²) in [6.07, 6.45) is 0. The smallest absolute Gasteiger partial charge is 0.276 e. The Bertz CT molecular complexity index is 695. The minimum Gasteiger partial charge on any atom is -0.483 e. The molecule has 120 valence electrons. The SMILES string of the molecule is Cc1cc(Cl)ccc1OCC(=O)NNC(=S)Nc1ccccc1. The minimum absolute atomic E-state index is 0.135. The van der Waals surface area contributed by atoms with E-state index in [2.05, 4.69) is 16.2 Å². The van der Waals surface area contributed by atoms with E-state index in [1.54, 1.807) is 18.2 Å². The van der Waals surface area contributed by atoms with Gasteiger partial charge in [-0.3, -0.25) is 15.6 Å². The summed E-state index contributed by atoms with van der Waals surface area (Å²) in [6, 6.07) is 14.6. The van der Waals surface area contributed by atoms with E-state index in [1.807, 2.05) is 37.3 Å².